The fourth-order valence-corrected chi connectivity index (χ4v) is 4.49. The van der Waals surface area contributed by atoms with E-state index in [0.717, 1.165) is 0 Å². The highest BCUT2D eigenvalue weighted by Gasteiger charge is 2.36. The number of carbonyl (C=O) groups is 3. The molecule has 192 valence electrons. The van der Waals surface area contributed by atoms with E-state index in [0.29, 0.717) is 48.9 Å². The fourth-order valence-electron chi connectivity index (χ4n) is 4.49. The van der Waals surface area contributed by atoms with Crippen molar-refractivity contribution in [3.8, 4) is 17.2 Å². The standard InChI is InChI=1S/C23H28N6O7/c1-34-14-8-12(9-15(35-2)18(14)36-3)25-21(32)13-10-16(30)26-20-17(13)22(33)28-23(27-20)29-6-4-11(5-7-29)19(24)31/h8-9,11,13H,4-7,10H2,1-3H3,(H2,24,31)(H,25,32)(H2,26,27,28,30,33)/t13-/m1/s1. The monoisotopic (exact) mass is 500 g/mol. The van der Waals surface area contributed by atoms with Gasteiger partial charge in [-0.3, -0.25) is 24.2 Å². The van der Waals surface area contributed by atoms with E-state index in [2.05, 4.69) is 20.6 Å². The molecule has 1 fully saturated rings. The Morgan fingerprint density at radius 3 is 2.28 bits per heavy atom. The first-order valence-electron chi connectivity index (χ1n) is 11.3. The highest BCUT2D eigenvalue weighted by molar-refractivity contribution is 6.04. The van der Waals surface area contributed by atoms with Crippen molar-refractivity contribution >= 4 is 35.2 Å². The number of hydrogen-bond acceptors (Lipinski definition) is 9. The molecule has 0 spiro atoms. The number of amides is 3. The SMILES string of the molecule is COc1cc(NC(=O)[C@@H]2CC(=O)Nc3nc(N4CCC(C(N)=O)CC4)[nH]c(=O)c32)cc(OC)c1OC. The molecule has 0 unspecified atom stereocenters. The molecule has 1 atom stereocenters. The lowest BCUT2D eigenvalue weighted by atomic mass is 9.92. The predicted octanol–water partition coefficient (Wildman–Crippen LogP) is 0.562. The van der Waals surface area contributed by atoms with Crippen LogP contribution in [0.3, 0.4) is 0 Å². The van der Waals surface area contributed by atoms with E-state index in [9.17, 15) is 19.2 Å². The third kappa shape index (κ3) is 4.76. The highest BCUT2D eigenvalue weighted by atomic mass is 16.5. The predicted molar refractivity (Wildman–Crippen MR) is 130 cm³/mol. The van der Waals surface area contributed by atoms with Gasteiger partial charge in [-0.2, -0.15) is 4.98 Å². The van der Waals surface area contributed by atoms with Gasteiger partial charge in [0.05, 0.1) is 32.8 Å². The van der Waals surface area contributed by atoms with E-state index < -0.39 is 23.3 Å². The summed E-state index contributed by atoms with van der Waals surface area (Å²) in [5, 5.41) is 5.33. The Labute approximate surface area is 206 Å². The first-order chi connectivity index (χ1) is 17.2. The number of nitrogens with zero attached hydrogens (tertiary/aromatic N) is 2. The van der Waals surface area contributed by atoms with Gasteiger partial charge in [-0.15, -0.1) is 0 Å². The average molecular weight is 501 g/mol. The maximum Gasteiger partial charge on any atom is 0.258 e. The largest absolute Gasteiger partial charge is 0.493 e. The Morgan fingerprint density at radius 1 is 1.08 bits per heavy atom. The number of carbonyl (C=O) groups excluding carboxylic acids is 3. The minimum absolute atomic E-state index is 0.0343. The number of rotatable bonds is 7. The second-order valence-electron chi connectivity index (χ2n) is 8.52. The van der Waals surface area contributed by atoms with Crippen LogP contribution in [0.25, 0.3) is 0 Å². The van der Waals surface area contributed by atoms with Gasteiger partial charge in [0.2, 0.25) is 29.4 Å². The van der Waals surface area contributed by atoms with Crippen LogP contribution in [0.2, 0.25) is 0 Å². The number of H-pyrrole nitrogens is 1. The number of anilines is 3. The molecule has 5 N–H and O–H groups in total. The molecule has 2 aromatic rings. The second-order valence-corrected chi connectivity index (χ2v) is 8.52. The fraction of sp³-hybridized carbons (Fsp3) is 0.435. The van der Waals surface area contributed by atoms with Crippen LogP contribution < -0.4 is 41.0 Å². The number of aromatic nitrogens is 2. The third-order valence-corrected chi connectivity index (χ3v) is 6.38. The molecule has 0 saturated carbocycles. The van der Waals surface area contributed by atoms with E-state index >= 15 is 0 Å². The minimum Gasteiger partial charge on any atom is -0.493 e. The number of methoxy groups -OCH3 is 3. The van der Waals surface area contributed by atoms with E-state index in [1.165, 1.54) is 21.3 Å². The van der Waals surface area contributed by atoms with Crippen LogP contribution in [0, 0.1) is 5.92 Å². The molecule has 1 saturated heterocycles. The smallest absolute Gasteiger partial charge is 0.258 e. The van der Waals surface area contributed by atoms with Crippen LogP contribution in [-0.2, 0) is 14.4 Å². The van der Waals surface area contributed by atoms with Gasteiger partial charge in [0.15, 0.2) is 11.5 Å². The van der Waals surface area contributed by atoms with E-state index in [4.69, 9.17) is 19.9 Å². The van der Waals surface area contributed by atoms with Crippen LogP contribution in [0.4, 0.5) is 17.5 Å². The van der Waals surface area contributed by atoms with Crippen molar-refractivity contribution < 1.29 is 28.6 Å². The van der Waals surface area contributed by atoms with Crippen molar-refractivity contribution in [3.05, 3.63) is 28.0 Å². The number of fused-ring (bicyclic) bond motifs is 1. The summed E-state index contributed by atoms with van der Waals surface area (Å²) in [4.78, 5) is 59.1. The lowest BCUT2D eigenvalue weighted by Crippen LogP contribution is -2.41. The van der Waals surface area contributed by atoms with E-state index in [1.54, 1.807) is 12.1 Å². The third-order valence-electron chi connectivity index (χ3n) is 6.38. The zero-order valence-electron chi connectivity index (χ0n) is 20.2. The minimum atomic E-state index is -1.07. The zero-order valence-corrected chi connectivity index (χ0v) is 20.2. The Balaban J connectivity index is 1.60. The summed E-state index contributed by atoms with van der Waals surface area (Å²) in [7, 11) is 4.36. The lowest BCUT2D eigenvalue weighted by Gasteiger charge is -2.32. The quantitative estimate of drug-likeness (QED) is 0.423. The molecule has 3 heterocycles. The molecule has 3 amide bonds. The molecule has 13 nitrogen and oxygen atoms in total. The zero-order chi connectivity index (χ0) is 26.0. The molecular weight excluding hydrogens is 472 g/mol. The van der Waals surface area contributed by atoms with Gasteiger partial charge in [0, 0.05) is 43.2 Å². The Bertz CT molecular complexity index is 1230. The van der Waals surface area contributed by atoms with Crippen molar-refractivity contribution in [2.45, 2.75) is 25.2 Å². The van der Waals surface area contributed by atoms with Gasteiger partial charge in [0.1, 0.15) is 5.82 Å². The second kappa shape index (κ2) is 10.1. The molecule has 1 aromatic carbocycles. The normalized spacial score (nSPS) is 17.6. The van der Waals surface area contributed by atoms with Gasteiger partial charge >= 0.3 is 0 Å². The molecule has 2 aliphatic rings. The van der Waals surface area contributed by atoms with Crippen molar-refractivity contribution in [1.82, 2.24) is 9.97 Å². The molecule has 13 heteroatoms. The lowest BCUT2D eigenvalue weighted by molar-refractivity contribution is -0.123. The van der Waals surface area contributed by atoms with E-state index in [1.807, 2.05) is 4.90 Å². The van der Waals surface area contributed by atoms with E-state index in [-0.39, 0.29) is 35.6 Å². The summed E-state index contributed by atoms with van der Waals surface area (Å²) >= 11 is 0. The number of hydrogen-bond donors (Lipinski definition) is 4. The van der Waals surface area contributed by atoms with Crippen molar-refractivity contribution in [2.24, 2.45) is 11.7 Å². The van der Waals surface area contributed by atoms with Crippen molar-refractivity contribution in [2.75, 3.05) is 50.0 Å². The van der Waals surface area contributed by atoms with Gasteiger partial charge in [-0.25, -0.2) is 0 Å². The first kappa shape index (κ1) is 24.8. The summed E-state index contributed by atoms with van der Waals surface area (Å²) in [6.07, 6.45) is 0.835. The molecule has 0 bridgehead atoms. The molecule has 0 aliphatic carbocycles. The molecule has 0 radical (unpaired) electrons. The van der Waals surface area contributed by atoms with Gasteiger partial charge < -0.3 is 35.5 Å². The topological polar surface area (TPSA) is 178 Å². The Hall–Kier alpha value is -4.29. The maximum absolute atomic E-state index is 13.2. The summed E-state index contributed by atoms with van der Waals surface area (Å²) < 4.78 is 15.9. The Kier molecular flexibility index (Phi) is 6.99. The molecule has 36 heavy (non-hydrogen) atoms. The van der Waals surface area contributed by atoms with Crippen molar-refractivity contribution in [1.29, 1.82) is 0 Å². The van der Waals surface area contributed by atoms with Crippen LogP contribution >= 0.6 is 0 Å². The maximum atomic E-state index is 13.2. The first-order valence-corrected chi connectivity index (χ1v) is 11.3. The van der Waals surface area contributed by atoms with Crippen LogP contribution in [0.1, 0.15) is 30.7 Å². The molecule has 1 aromatic heterocycles. The number of aromatic amines is 1. The van der Waals surface area contributed by atoms with Crippen LogP contribution in [0.15, 0.2) is 16.9 Å². The van der Waals surface area contributed by atoms with Gasteiger partial charge in [-0.05, 0) is 12.8 Å². The summed E-state index contributed by atoms with van der Waals surface area (Å²) in [5.41, 5.74) is 5.26. The summed E-state index contributed by atoms with van der Waals surface area (Å²) in [5.74, 6) is -1.35. The van der Waals surface area contributed by atoms with Gasteiger partial charge in [-0.1, -0.05) is 0 Å². The number of piperidine rings is 1. The molecular formula is C23H28N6O7. The molecule has 2 aliphatic heterocycles. The van der Waals surface area contributed by atoms with Crippen molar-refractivity contribution in [3.63, 3.8) is 0 Å². The highest BCUT2D eigenvalue weighted by Crippen LogP contribution is 2.40. The molecule has 4 rings (SSSR count). The number of ether oxygens (including phenoxy) is 3. The summed E-state index contributed by atoms with van der Waals surface area (Å²) in [6, 6.07) is 3.09. The number of benzene rings is 1. The van der Waals surface area contributed by atoms with Crippen LogP contribution in [-0.4, -0.2) is 62.1 Å². The van der Waals surface area contributed by atoms with Crippen LogP contribution in [0.5, 0.6) is 17.2 Å². The average Bonchev–Trinajstić information content (AvgIpc) is 2.87. The summed E-state index contributed by atoms with van der Waals surface area (Å²) in [6.45, 7) is 0.933. The number of nitrogens with one attached hydrogen (secondary N) is 3. The number of primary amides is 1. The van der Waals surface area contributed by atoms with Gasteiger partial charge in [0.25, 0.3) is 5.56 Å². The number of nitrogens with two attached hydrogens (primary N) is 1. The Morgan fingerprint density at radius 2 is 1.72 bits per heavy atom.